The van der Waals surface area contributed by atoms with E-state index in [1.54, 1.807) is 26.8 Å². The van der Waals surface area contributed by atoms with Crippen molar-refractivity contribution in [3.05, 3.63) is 12.7 Å². The SMILES string of the molecule is C=CCC(C)(C)COC(=O)C[C@H](C(=O)O)C(C)(C)C. The van der Waals surface area contributed by atoms with E-state index in [1.165, 1.54) is 0 Å². The minimum atomic E-state index is -0.963. The van der Waals surface area contributed by atoms with Crippen LogP contribution < -0.4 is 0 Å². The highest BCUT2D eigenvalue weighted by Crippen LogP contribution is 2.29. The van der Waals surface area contributed by atoms with Crippen molar-refractivity contribution in [2.75, 3.05) is 6.61 Å². The van der Waals surface area contributed by atoms with E-state index < -0.39 is 23.3 Å². The summed E-state index contributed by atoms with van der Waals surface area (Å²) in [4.78, 5) is 22.9. The van der Waals surface area contributed by atoms with E-state index in [4.69, 9.17) is 9.84 Å². The Hall–Kier alpha value is -1.32. The fourth-order valence-electron chi connectivity index (χ4n) is 1.72. The average Bonchev–Trinajstić information content (AvgIpc) is 2.21. The fourth-order valence-corrected chi connectivity index (χ4v) is 1.72. The number of rotatable bonds is 7. The lowest BCUT2D eigenvalue weighted by Crippen LogP contribution is -2.32. The fraction of sp³-hybridized carbons (Fsp3) is 0.733. The van der Waals surface area contributed by atoms with Gasteiger partial charge in [-0.1, -0.05) is 40.7 Å². The summed E-state index contributed by atoms with van der Waals surface area (Å²) in [7, 11) is 0. The van der Waals surface area contributed by atoms with Crippen LogP contribution in [-0.2, 0) is 14.3 Å². The molecule has 0 fully saturated rings. The molecule has 19 heavy (non-hydrogen) atoms. The average molecular weight is 270 g/mol. The first-order valence-electron chi connectivity index (χ1n) is 6.49. The second kappa shape index (κ2) is 6.73. The molecule has 4 nitrogen and oxygen atoms in total. The standard InChI is InChI=1S/C15H26O4/c1-7-8-15(5,6)10-19-12(16)9-11(13(17)18)14(2,3)4/h7,11H,1,8-10H2,2-6H3,(H,17,18)/t11-/m1/s1. The number of carboxylic acids is 1. The number of carbonyl (C=O) groups is 2. The van der Waals surface area contributed by atoms with Gasteiger partial charge < -0.3 is 9.84 Å². The Balaban J connectivity index is 4.45. The Bertz CT molecular complexity index is 337. The molecule has 0 saturated carbocycles. The summed E-state index contributed by atoms with van der Waals surface area (Å²) >= 11 is 0. The van der Waals surface area contributed by atoms with Crippen LogP contribution in [-0.4, -0.2) is 23.7 Å². The van der Waals surface area contributed by atoms with E-state index in [0.717, 1.165) is 6.42 Å². The zero-order valence-electron chi connectivity index (χ0n) is 12.7. The molecule has 0 aromatic carbocycles. The van der Waals surface area contributed by atoms with E-state index in [9.17, 15) is 9.59 Å². The highest BCUT2D eigenvalue weighted by Gasteiger charge is 2.34. The summed E-state index contributed by atoms with van der Waals surface area (Å²) in [5, 5.41) is 9.15. The third-order valence-electron chi connectivity index (χ3n) is 3.04. The molecule has 0 rings (SSSR count). The molecule has 0 spiro atoms. The van der Waals surface area contributed by atoms with Crippen LogP contribution in [0.5, 0.6) is 0 Å². The molecule has 110 valence electrons. The predicted molar refractivity (Wildman–Crippen MR) is 74.8 cm³/mol. The number of carbonyl (C=O) groups excluding carboxylic acids is 1. The van der Waals surface area contributed by atoms with Crippen molar-refractivity contribution in [3.8, 4) is 0 Å². The third-order valence-corrected chi connectivity index (χ3v) is 3.04. The van der Waals surface area contributed by atoms with E-state index in [-0.39, 0.29) is 18.4 Å². The van der Waals surface area contributed by atoms with Crippen LogP contribution in [0, 0.1) is 16.7 Å². The molecule has 0 saturated heterocycles. The van der Waals surface area contributed by atoms with Crippen molar-refractivity contribution in [3.63, 3.8) is 0 Å². The molecule has 1 N–H and O–H groups in total. The lowest BCUT2D eigenvalue weighted by atomic mass is 9.79. The van der Waals surface area contributed by atoms with Gasteiger partial charge in [0, 0.05) is 5.41 Å². The Morgan fingerprint density at radius 2 is 1.79 bits per heavy atom. The summed E-state index contributed by atoms with van der Waals surface area (Å²) < 4.78 is 5.19. The first-order valence-corrected chi connectivity index (χ1v) is 6.49. The van der Waals surface area contributed by atoms with Crippen molar-refractivity contribution in [1.82, 2.24) is 0 Å². The molecular weight excluding hydrogens is 244 g/mol. The maximum absolute atomic E-state index is 11.7. The number of hydrogen-bond acceptors (Lipinski definition) is 3. The van der Waals surface area contributed by atoms with Crippen molar-refractivity contribution < 1.29 is 19.4 Å². The number of carboxylic acid groups (broad SMARTS) is 1. The summed E-state index contributed by atoms with van der Waals surface area (Å²) in [5.41, 5.74) is -0.640. The second-order valence-corrected chi connectivity index (χ2v) is 6.78. The van der Waals surface area contributed by atoms with Crippen molar-refractivity contribution in [2.45, 2.75) is 47.5 Å². The molecule has 0 aromatic heterocycles. The van der Waals surface area contributed by atoms with Crippen LogP contribution in [0.2, 0.25) is 0 Å². The van der Waals surface area contributed by atoms with Gasteiger partial charge in [0.2, 0.25) is 0 Å². The molecule has 0 aromatic rings. The van der Waals surface area contributed by atoms with Gasteiger partial charge in [0.05, 0.1) is 18.9 Å². The topological polar surface area (TPSA) is 63.6 Å². The van der Waals surface area contributed by atoms with Gasteiger partial charge in [-0.25, -0.2) is 0 Å². The molecule has 0 aliphatic heterocycles. The maximum atomic E-state index is 11.7. The Labute approximate surface area is 115 Å². The van der Waals surface area contributed by atoms with Crippen LogP contribution in [0.4, 0.5) is 0 Å². The Morgan fingerprint density at radius 1 is 1.26 bits per heavy atom. The number of ether oxygens (including phenoxy) is 1. The predicted octanol–water partition coefficient (Wildman–Crippen LogP) is 3.27. The van der Waals surface area contributed by atoms with Crippen LogP contribution >= 0.6 is 0 Å². The van der Waals surface area contributed by atoms with Gasteiger partial charge in [0.1, 0.15) is 0 Å². The molecule has 0 amide bonds. The van der Waals surface area contributed by atoms with Gasteiger partial charge in [-0.3, -0.25) is 9.59 Å². The van der Waals surface area contributed by atoms with Crippen molar-refractivity contribution in [1.29, 1.82) is 0 Å². The number of allylic oxidation sites excluding steroid dienone is 1. The van der Waals surface area contributed by atoms with E-state index in [2.05, 4.69) is 6.58 Å². The minimum absolute atomic E-state index is 0.0942. The quantitative estimate of drug-likeness (QED) is 0.569. The molecule has 0 aliphatic carbocycles. The van der Waals surface area contributed by atoms with Gasteiger partial charge in [-0.2, -0.15) is 0 Å². The highest BCUT2D eigenvalue weighted by molar-refractivity contribution is 5.79. The molecule has 0 heterocycles. The van der Waals surface area contributed by atoms with Gasteiger partial charge in [-0.15, -0.1) is 6.58 Å². The summed E-state index contributed by atoms with van der Waals surface area (Å²) in [6.45, 7) is 13.3. The largest absolute Gasteiger partial charge is 0.481 e. The van der Waals surface area contributed by atoms with E-state index in [1.807, 2.05) is 13.8 Å². The third kappa shape index (κ3) is 6.99. The van der Waals surface area contributed by atoms with Crippen molar-refractivity contribution in [2.24, 2.45) is 16.7 Å². The second-order valence-electron chi connectivity index (χ2n) is 6.78. The van der Waals surface area contributed by atoms with Crippen molar-refractivity contribution >= 4 is 11.9 Å². The van der Waals surface area contributed by atoms with Gasteiger partial charge in [0.15, 0.2) is 0 Å². The number of aliphatic carboxylic acids is 1. The van der Waals surface area contributed by atoms with Gasteiger partial charge in [0.25, 0.3) is 0 Å². The van der Waals surface area contributed by atoms with Crippen LogP contribution in [0.15, 0.2) is 12.7 Å². The Morgan fingerprint density at radius 3 is 2.16 bits per heavy atom. The first kappa shape index (κ1) is 17.7. The summed E-state index contributed by atoms with van der Waals surface area (Å²) in [6.07, 6.45) is 2.42. The van der Waals surface area contributed by atoms with Crippen LogP contribution in [0.3, 0.4) is 0 Å². The lowest BCUT2D eigenvalue weighted by molar-refractivity contribution is -0.156. The van der Waals surface area contributed by atoms with E-state index in [0.29, 0.717) is 0 Å². The summed E-state index contributed by atoms with van der Waals surface area (Å²) in [6, 6.07) is 0. The molecule has 0 aliphatic rings. The van der Waals surface area contributed by atoms with Gasteiger partial charge in [-0.05, 0) is 11.8 Å². The van der Waals surface area contributed by atoms with Crippen LogP contribution in [0.1, 0.15) is 47.5 Å². The maximum Gasteiger partial charge on any atom is 0.307 e. The Kier molecular flexibility index (Phi) is 6.27. The molecule has 0 bridgehead atoms. The van der Waals surface area contributed by atoms with Crippen LogP contribution in [0.25, 0.3) is 0 Å². The summed E-state index contributed by atoms with van der Waals surface area (Å²) in [5.74, 6) is -2.16. The zero-order chi connectivity index (χ0) is 15.3. The monoisotopic (exact) mass is 270 g/mol. The number of esters is 1. The molecule has 1 atom stereocenters. The van der Waals surface area contributed by atoms with E-state index >= 15 is 0 Å². The lowest BCUT2D eigenvalue weighted by Gasteiger charge is -2.27. The van der Waals surface area contributed by atoms with Gasteiger partial charge >= 0.3 is 11.9 Å². The highest BCUT2D eigenvalue weighted by atomic mass is 16.5. The first-order chi connectivity index (χ1) is 8.49. The molecular formula is C15H26O4. The zero-order valence-corrected chi connectivity index (χ0v) is 12.7. The molecule has 0 radical (unpaired) electrons. The normalized spacial score (nSPS) is 13.7. The number of hydrogen-bond donors (Lipinski definition) is 1. The minimum Gasteiger partial charge on any atom is -0.481 e. The molecule has 4 heteroatoms. The smallest absolute Gasteiger partial charge is 0.307 e. The molecule has 0 unspecified atom stereocenters.